The summed E-state index contributed by atoms with van der Waals surface area (Å²) < 4.78 is 27.3. The predicted molar refractivity (Wildman–Crippen MR) is 102 cm³/mol. The summed E-state index contributed by atoms with van der Waals surface area (Å²) in [6.07, 6.45) is -0.169. The first kappa shape index (κ1) is 20.4. The second-order valence-corrected chi connectivity index (χ2v) is 7.97. The molecule has 0 aromatic heterocycles. The van der Waals surface area contributed by atoms with Gasteiger partial charge in [-0.15, -0.1) is 0 Å². The number of carbonyl (C=O) groups is 2. The second kappa shape index (κ2) is 8.68. The van der Waals surface area contributed by atoms with Gasteiger partial charge in [-0.3, -0.25) is 13.9 Å². The van der Waals surface area contributed by atoms with Gasteiger partial charge in [0.25, 0.3) is 10.0 Å². The molecule has 144 valence electrons. The van der Waals surface area contributed by atoms with Gasteiger partial charge in [0.05, 0.1) is 10.6 Å². The maximum Gasteiger partial charge on any atom is 0.325 e. The van der Waals surface area contributed by atoms with Crippen molar-refractivity contribution in [3.05, 3.63) is 60.2 Å². The molecule has 2 N–H and O–H groups in total. The van der Waals surface area contributed by atoms with Crippen LogP contribution in [0.15, 0.2) is 59.5 Å². The van der Waals surface area contributed by atoms with Crippen molar-refractivity contribution in [1.29, 1.82) is 0 Å². The maximum atomic E-state index is 13.1. The van der Waals surface area contributed by atoms with Crippen LogP contribution in [0.25, 0.3) is 0 Å². The number of carbonyl (C=O) groups excluding carboxylic acids is 1. The molecule has 0 fully saturated rings. The first-order valence-corrected chi connectivity index (χ1v) is 9.82. The summed E-state index contributed by atoms with van der Waals surface area (Å²) in [6, 6.07) is 13.9. The highest BCUT2D eigenvalue weighted by Gasteiger charge is 2.26. The second-order valence-electron chi connectivity index (χ2n) is 6.10. The van der Waals surface area contributed by atoms with Gasteiger partial charge in [-0.2, -0.15) is 0 Å². The monoisotopic (exact) mass is 390 g/mol. The van der Waals surface area contributed by atoms with Gasteiger partial charge < -0.3 is 10.4 Å². The molecule has 0 aliphatic rings. The number of carboxylic acid groups (broad SMARTS) is 1. The SMILES string of the molecule is Cc1ccc(S(=O)(=O)N(CCC(=O)NC(C)C(=O)O)c2ccccc2)cc1. The van der Waals surface area contributed by atoms with Gasteiger partial charge in [-0.1, -0.05) is 35.9 Å². The number of aryl methyl sites for hydroxylation is 1. The number of para-hydroxylation sites is 1. The van der Waals surface area contributed by atoms with E-state index >= 15 is 0 Å². The lowest BCUT2D eigenvalue weighted by atomic mass is 10.2. The van der Waals surface area contributed by atoms with Gasteiger partial charge in [-0.25, -0.2) is 8.42 Å². The molecule has 0 bridgehead atoms. The summed E-state index contributed by atoms with van der Waals surface area (Å²) in [5, 5.41) is 11.2. The molecule has 0 aliphatic carbocycles. The number of hydrogen-bond acceptors (Lipinski definition) is 4. The smallest absolute Gasteiger partial charge is 0.325 e. The highest BCUT2D eigenvalue weighted by molar-refractivity contribution is 7.92. The summed E-state index contributed by atoms with van der Waals surface area (Å²) in [5.41, 5.74) is 1.36. The fraction of sp³-hybridized carbons (Fsp3) is 0.263. The van der Waals surface area contributed by atoms with Gasteiger partial charge in [0.2, 0.25) is 5.91 Å². The van der Waals surface area contributed by atoms with E-state index < -0.39 is 27.9 Å². The van der Waals surface area contributed by atoms with Gasteiger partial charge in [0.15, 0.2) is 0 Å². The maximum absolute atomic E-state index is 13.1. The fourth-order valence-corrected chi connectivity index (χ4v) is 3.86. The van der Waals surface area contributed by atoms with Gasteiger partial charge in [0, 0.05) is 13.0 Å². The van der Waals surface area contributed by atoms with E-state index in [4.69, 9.17) is 5.11 Å². The van der Waals surface area contributed by atoms with Crippen LogP contribution in [-0.2, 0) is 19.6 Å². The number of sulfonamides is 1. The molecule has 0 spiro atoms. The van der Waals surface area contributed by atoms with Crippen LogP contribution in [0.4, 0.5) is 5.69 Å². The molecule has 0 radical (unpaired) electrons. The number of benzene rings is 2. The predicted octanol–water partition coefficient (Wildman–Crippen LogP) is 2.17. The summed E-state index contributed by atoms with van der Waals surface area (Å²) >= 11 is 0. The van der Waals surface area contributed by atoms with Crippen molar-refractivity contribution in [3.8, 4) is 0 Å². The van der Waals surface area contributed by atoms with E-state index in [-0.39, 0.29) is 17.9 Å². The van der Waals surface area contributed by atoms with Gasteiger partial charge >= 0.3 is 5.97 Å². The minimum atomic E-state index is -3.87. The number of rotatable bonds is 8. The van der Waals surface area contributed by atoms with E-state index in [2.05, 4.69) is 5.32 Å². The highest BCUT2D eigenvalue weighted by atomic mass is 32.2. The van der Waals surface area contributed by atoms with Crippen LogP contribution in [-0.4, -0.2) is 38.0 Å². The van der Waals surface area contributed by atoms with Crippen LogP contribution in [0.1, 0.15) is 18.9 Å². The van der Waals surface area contributed by atoms with Gasteiger partial charge in [-0.05, 0) is 38.1 Å². The van der Waals surface area contributed by atoms with Crippen molar-refractivity contribution in [1.82, 2.24) is 5.32 Å². The fourth-order valence-electron chi connectivity index (χ4n) is 2.40. The number of hydrogen-bond donors (Lipinski definition) is 2. The Balaban J connectivity index is 2.26. The third kappa shape index (κ3) is 5.30. The minimum absolute atomic E-state index is 0.113. The van der Waals surface area contributed by atoms with Crippen molar-refractivity contribution < 1.29 is 23.1 Å². The summed E-state index contributed by atoms with van der Waals surface area (Å²) in [4.78, 5) is 23.0. The Kier molecular flexibility index (Phi) is 6.57. The molecule has 1 unspecified atom stereocenters. The number of carboxylic acids is 1. The molecule has 1 atom stereocenters. The Morgan fingerprint density at radius 1 is 1.07 bits per heavy atom. The van der Waals surface area contributed by atoms with Crippen LogP contribution in [0, 0.1) is 6.92 Å². The Morgan fingerprint density at radius 3 is 2.22 bits per heavy atom. The zero-order valence-corrected chi connectivity index (χ0v) is 15.9. The molecule has 2 rings (SSSR count). The van der Waals surface area contributed by atoms with E-state index in [1.165, 1.54) is 19.1 Å². The Hall–Kier alpha value is -2.87. The van der Waals surface area contributed by atoms with E-state index in [9.17, 15) is 18.0 Å². The molecule has 0 saturated heterocycles. The largest absolute Gasteiger partial charge is 0.480 e. The molecule has 0 saturated carbocycles. The number of nitrogens with zero attached hydrogens (tertiary/aromatic N) is 1. The van der Waals surface area contributed by atoms with Crippen molar-refractivity contribution in [2.75, 3.05) is 10.8 Å². The summed E-state index contributed by atoms with van der Waals surface area (Å²) in [6.45, 7) is 3.09. The zero-order valence-electron chi connectivity index (χ0n) is 15.1. The molecule has 8 heteroatoms. The molecule has 7 nitrogen and oxygen atoms in total. The third-order valence-corrected chi connectivity index (χ3v) is 5.78. The summed E-state index contributed by atoms with van der Waals surface area (Å²) in [7, 11) is -3.87. The Morgan fingerprint density at radius 2 is 1.67 bits per heavy atom. The van der Waals surface area contributed by atoms with Crippen LogP contribution in [0.5, 0.6) is 0 Å². The van der Waals surface area contributed by atoms with Crippen molar-refractivity contribution in [3.63, 3.8) is 0 Å². The summed E-state index contributed by atoms with van der Waals surface area (Å²) in [5.74, 6) is -1.69. The Bertz CT molecular complexity index is 895. The van der Waals surface area contributed by atoms with Crippen molar-refractivity contribution >= 4 is 27.6 Å². The molecule has 1 amide bonds. The topological polar surface area (TPSA) is 104 Å². The van der Waals surface area contributed by atoms with Crippen LogP contribution >= 0.6 is 0 Å². The minimum Gasteiger partial charge on any atom is -0.480 e. The molecule has 0 heterocycles. The van der Waals surface area contributed by atoms with Crippen LogP contribution < -0.4 is 9.62 Å². The first-order valence-electron chi connectivity index (χ1n) is 8.38. The molecule has 2 aromatic rings. The quantitative estimate of drug-likeness (QED) is 0.719. The normalized spacial score (nSPS) is 12.2. The number of amides is 1. The number of nitrogens with one attached hydrogen (secondary N) is 1. The molecular formula is C19H22N2O5S. The lowest BCUT2D eigenvalue weighted by Gasteiger charge is -2.24. The van der Waals surface area contributed by atoms with Crippen LogP contribution in [0.2, 0.25) is 0 Å². The van der Waals surface area contributed by atoms with Crippen molar-refractivity contribution in [2.24, 2.45) is 0 Å². The van der Waals surface area contributed by atoms with Crippen LogP contribution in [0.3, 0.4) is 0 Å². The van der Waals surface area contributed by atoms with E-state index in [1.54, 1.807) is 42.5 Å². The molecular weight excluding hydrogens is 368 g/mol. The van der Waals surface area contributed by atoms with Crippen molar-refractivity contribution in [2.45, 2.75) is 31.2 Å². The van der Waals surface area contributed by atoms with E-state index in [0.29, 0.717) is 5.69 Å². The average molecular weight is 390 g/mol. The molecule has 2 aromatic carbocycles. The van der Waals surface area contributed by atoms with E-state index in [1.807, 2.05) is 6.92 Å². The zero-order chi connectivity index (χ0) is 20.0. The molecule has 27 heavy (non-hydrogen) atoms. The number of aliphatic carboxylic acids is 1. The average Bonchev–Trinajstić information content (AvgIpc) is 2.62. The van der Waals surface area contributed by atoms with E-state index in [0.717, 1.165) is 9.87 Å². The number of anilines is 1. The lowest BCUT2D eigenvalue weighted by molar-refractivity contribution is -0.141. The highest BCUT2D eigenvalue weighted by Crippen LogP contribution is 2.24. The lowest BCUT2D eigenvalue weighted by Crippen LogP contribution is -2.41. The third-order valence-electron chi connectivity index (χ3n) is 3.94. The van der Waals surface area contributed by atoms with Gasteiger partial charge in [0.1, 0.15) is 6.04 Å². The first-order chi connectivity index (χ1) is 12.7. The standard InChI is InChI=1S/C19H22N2O5S/c1-14-8-10-17(11-9-14)27(25,26)21(16-6-4-3-5-7-16)13-12-18(22)20-15(2)19(23)24/h3-11,15H,12-13H2,1-2H3,(H,20,22)(H,23,24). The molecule has 0 aliphatic heterocycles. The Labute approximate surface area is 158 Å².